The first-order valence-corrected chi connectivity index (χ1v) is 9.44. The molecule has 0 fully saturated rings. The monoisotopic (exact) mass is 382 g/mol. The summed E-state index contributed by atoms with van der Waals surface area (Å²) in [6.07, 6.45) is 2.57. The number of hydrazone groups is 1. The Morgan fingerprint density at radius 2 is 1.96 bits per heavy atom. The van der Waals surface area contributed by atoms with Crippen molar-refractivity contribution in [3.63, 3.8) is 0 Å². The van der Waals surface area contributed by atoms with E-state index in [0.717, 1.165) is 40.2 Å². The summed E-state index contributed by atoms with van der Waals surface area (Å²) in [5.74, 6) is 1.89. The minimum Gasteiger partial charge on any atom is -0.493 e. The molecule has 0 bridgehead atoms. The molecular formula is C22H26N2O4. The average Bonchev–Trinajstić information content (AvgIpc) is 2.98. The number of fused-ring (bicyclic) bond motifs is 1. The van der Waals surface area contributed by atoms with Gasteiger partial charge in [-0.2, -0.15) is 5.10 Å². The minimum atomic E-state index is -0.334. The molecule has 28 heavy (non-hydrogen) atoms. The van der Waals surface area contributed by atoms with Gasteiger partial charge in [-0.1, -0.05) is 6.07 Å². The molecule has 1 N–H and O–H groups in total. The third-order valence-corrected chi connectivity index (χ3v) is 4.29. The Morgan fingerprint density at radius 1 is 1.21 bits per heavy atom. The molecule has 0 saturated heterocycles. The zero-order chi connectivity index (χ0) is 20.1. The molecule has 0 saturated carbocycles. The number of carbonyl (C=O) groups is 1. The fourth-order valence-corrected chi connectivity index (χ4v) is 3.21. The van der Waals surface area contributed by atoms with Gasteiger partial charge in [0.05, 0.1) is 12.8 Å². The van der Waals surface area contributed by atoms with Crippen LogP contribution in [0.15, 0.2) is 35.4 Å². The molecule has 0 aromatic heterocycles. The summed E-state index contributed by atoms with van der Waals surface area (Å²) in [6, 6.07) is 9.71. The Kier molecular flexibility index (Phi) is 6.19. The van der Waals surface area contributed by atoms with Gasteiger partial charge in [0.25, 0.3) is 5.91 Å². The highest BCUT2D eigenvalue weighted by atomic mass is 16.5. The summed E-state index contributed by atoms with van der Waals surface area (Å²) in [5, 5.41) is 4.04. The summed E-state index contributed by atoms with van der Waals surface area (Å²) >= 11 is 0. The molecule has 0 aliphatic carbocycles. The molecule has 1 atom stereocenters. The summed E-state index contributed by atoms with van der Waals surface area (Å²) in [7, 11) is 0. The van der Waals surface area contributed by atoms with Crippen LogP contribution in [0.5, 0.6) is 17.2 Å². The van der Waals surface area contributed by atoms with Crippen LogP contribution in [0.1, 0.15) is 36.1 Å². The lowest BCUT2D eigenvalue weighted by Gasteiger charge is -2.10. The van der Waals surface area contributed by atoms with Gasteiger partial charge in [-0.25, -0.2) is 5.43 Å². The van der Waals surface area contributed by atoms with E-state index >= 15 is 0 Å². The van der Waals surface area contributed by atoms with Gasteiger partial charge in [0.2, 0.25) is 0 Å². The molecule has 2 aromatic rings. The maximum absolute atomic E-state index is 12.0. The van der Waals surface area contributed by atoms with Crippen molar-refractivity contribution in [2.75, 3.05) is 13.2 Å². The SMILES string of the molecule is CCOc1cc2c(cc1/C=N\NC(=O)COc1cc(C)cc(C)c1)O[C@H](C)C2. The van der Waals surface area contributed by atoms with Crippen LogP contribution in [0.2, 0.25) is 0 Å². The highest BCUT2D eigenvalue weighted by Gasteiger charge is 2.21. The average molecular weight is 382 g/mol. The zero-order valence-electron chi connectivity index (χ0n) is 16.7. The van der Waals surface area contributed by atoms with E-state index in [4.69, 9.17) is 14.2 Å². The summed E-state index contributed by atoms with van der Waals surface area (Å²) < 4.78 is 17.0. The molecule has 6 nitrogen and oxygen atoms in total. The third-order valence-electron chi connectivity index (χ3n) is 4.29. The number of aryl methyl sites for hydroxylation is 2. The zero-order valence-corrected chi connectivity index (χ0v) is 16.7. The quantitative estimate of drug-likeness (QED) is 0.587. The van der Waals surface area contributed by atoms with E-state index in [-0.39, 0.29) is 18.6 Å². The number of nitrogens with one attached hydrogen (secondary N) is 1. The number of hydrogen-bond donors (Lipinski definition) is 1. The van der Waals surface area contributed by atoms with Crippen molar-refractivity contribution in [1.82, 2.24) is 5.43 Å². The Bertz CT molecular complexity index is 872. The second kappa shape index (κ2) is 8.78. The van der Waals surface area contributed by atoms with Crippen molar-refractivity contribution in [2.45, 2.75) is 40.2 Å². The van der Waals surface area contributed by atoms with E-state index in [0.29, 0.717) is 12.4 Å². The molecule has 1 aliphatic heterocycles. The van der Waals surface area contributed by atoms with E-state index < -0.39 is 0 Å². The van der Waals surface area contributed by atoms with Crippen LogP contribution in [0.4, 0.5) is 0 Å². The molecule has 1 aliphatic rings. The van der Waals surface area contributed by atoms with Gasteiger partial charge in [0.15, 0.2) is 6.61 Å². The van der Waals surface area contributed by atoms with Gasteiger partial charge in [-0.05, 0) is 63.1 Å². The maximum Gasteiger partial charge on any atom is 0.277 e. The van der Waals surface area contributed by atoms with Gasteiger partial charge < -0.3 is 14.2 Å². The summed E-state index contributed by atoms with van der Waals surface area (Å²) in [5.41, 5.74) is 6.54. The minimum absolute atomic E-state index is 0.108. The normalized spacial score (nSPS) is 15.2. The summed E-state index contributed by atoms with van der Waals surface area (Å²) in [6.45, 7) is 8.38. The van der Waals surface area contributed by atoms with Gasteiger partial charge >= 0.3 is 0 Å². The lowest BCUT2D eigenvalue weighted by molar-refractivity contribution is -0.123. The van der Waals surface area contributed by atoms with Crippen LogP contribution in [-0.4, -0.2) is 31.4 Å². The van der Waals surface area contributed by atoms with Crippen molar-refractivity contribution < 1.29 is 19.0 Å². The second-order valence-corrected chi connectivity index (χ2v) is 6.97. The van der Waals surface area contributed by atoms with Crippen LogP contribution < -0.4 is 19.6 Å². The van der Waals surface area contributed by atoms with Gasteiger partial charge in [0, 0.05) is 17.5 Å². The number of benzene rings is 2. The first-order valence-electron chi connectivity index (χ1n) is 9.44. The first kappa shape index (κ1) is 19.7. The fraction of sp³-hybridized carbons (Fsp3) is 0.364. The lowest BCUT2D eigenvalue weighted by Crippen LogP contribution is -2.24. The van der Waals surface area contributed by atoms with Crippen molar-refractivity contribution in [3.05, 3.63) is 52.6 Å². The van der Waals surface area contributed by atoms with Crippen molar-refractivity contribution in [1.29, 1.82) is 0 Å². The van der Waals surface area contributed by atoms with E-state index in [1.54, 1.807) is 6.21 Å². The number of hydrogen-bond acceptors (Lipinski definition) is 5. The number of amides is 1. The van der Waals surface area contributed by atoms with Crippen molar-refractivity contribution >= 4 is 12.1 Å². The molecular weight excluding hydrogens is 356 g/mol. The lowest BCUT2D eigenvalue weighted by atomic mass is 10.1. The van der Waals surface area contributed by atoms with E-state index in [2.05, 4.69) is 10.5 Å². The Hall–Kier alpha value is -3.02. The molecule has 0 unspecified atom stereocenters. The van der Waals surface area contributed by atoms with E-state index in [9.17, 15) is 4.79 Å². The third kappa shape index (κ3) is 5.03. The van der Waals surface area contributed by atoms with E-state index in [1.807, 2.05) is 58.0 Å². The molecule has 0 radical (unpaired) electrons. The fourth-order valence-electron chi connectivity index (χ4n) is 3.21. The highest BCUT2D eigenvalue weighted by molar-refractivity contribution is 5.86. The Labute approximate surface area is 165 Å². The number of nitrogens with zero attached hydrogens (tertiary/aromatic N) is 1. The number of ether oxygens (including phenoxy) is 3. The smallest absolute Gasteiger partial charge is 0.277 e. The van der Waals surface area contributed by atoms with Crippen LogP contribution in [0.3, 0.4) is 0 Å². The maximum atomic E-state index is 12.0. The predicted molar refractivity (Wildman–Crippen MR) is 109 cm³/mol. The van der Waals surface area contributed by atoms with Crippen molar-refractivity contribution in [2.24, 2.45) is 5.10 Å². The molecule has 148 valence electrons. The van der Waals surface area contributed by atoms with Crippen LogP contribution in [0, 0.1) is 13.8 Å². The Balaban J connectivity index is 1.60. The predicted octanol–water partition coefficient (Wildman–Crippen LogP) is 3.55. The van der Waals surface area contributed by atoms with Crippen molar-refractivity contribution in [3.8, 4) is 17.2 Å². The standard InChI is InChI=1S/C22H26N2O4/c1-5-26-20-10-17-9-16(4)28-21(17)11-18(20)12-23-24-22(25)13-27-19-7-14(2)6-15(3)8-19/h6-8,10-12,16H,5,9,13H2,1-4H3,(H,24,25)/b23-12-/t16-/m1/s1. The Morgan fingerprint density at radius 3 is 2.68 bits per heavy atom. The number of rotatable bonds is 7. The molecule has 1 amide bonds. The number of carbonyl (C=O) groups excluding carboxylic acids is 1. The molecule has 1 heterocycles. The summed E-state index contributed by atoms with van der Waals surface area (Å²) in [4.78, 5) is 12.0. The van der Waals surface area contributed by atoms with Crippen LogP contribution in [0.25, 0.3) is 0 Å². The molecule has 6 heteroatoms. The van der Waals surface area contributed by atoms with Crippen LogP contribution in [-0.2, 0) is 11.2 Å². The van der Waals surface area contributed by atoms with Gasteiger partial charge in [-0.15, -0.1) is 0 Å². The van der Waals surface area contributed by atoms with Gasteiger partial charge in [-0.3, -0.25) is 4.79 Å². The second-order valence-electron chi connectivity index (χ2n) is 6.97. The van der Waals surface area contributed by atoms with Gasteiger partial charge in [0.1, 0.15) is 23.4 Å². The van der Waals surface area contributed by atoms with E-state index in [1.165, 1.54) is 0 Å². The van der Waals surface area contributed by atoms with Crippen LogP contribution >= 0.6 is 0 Å². The molecule has 3 rings (SSSR count). The topological polar surface area (TPSA) is 69.2 Å². The molecule has 0 spiro atoms. The highest BCUT2D eigenvalue weighted by Crippen LogP contribution is 2.34. The molecule has 2 aromatic carbocycles. The largest absolute Gasteiger partial charge is 0.493 e. The first-order chi connectivity index (χ1) is 13.4.